The highest BCUT2D eigenvalue weighted by Crippen LogP contribution is 2.20. The van der Waals surface area contributed by atoms with Crippen LogP contribution in [0.2, 0.25) is 0 Å². The number of H-pyrrole nitrogens is 1. The molecule has 13 heavy (non-hydrogen) atoms. The zero-order chi connectivity index (χ0) is 9.42. The van der Waals surface area contributed by atoms with Gasteiger partial charge in [-0.25, -0.2) is 4.98 Å². The molecule has 0 aliphatic heterocycles. The third-order valence-electron chi connectivity index (χ3n) is 2.11. The molecule has 1 N–H and O–H groups in total. The van der Waals surface area contributed by atoms with E-state index in [0.717, 1.165) is 16.6 Å². The molecule has 0 aliphatic rings. The Morgan fingerprint density at radius 2 is 2.15 bits per heavy atom. The van der Waals surface area contributed by atoms with Crippen molar-refractivity contribution >= 4 is 10.9 Å². The van der Waals surface area contributed by atoms with E-state index in [1.807, 2.05) is 6.07 Å². The lowest BCUT2D eigenvalue weighted by molar-refractivity contribution is 0.586. The summed E-state index contributed by atoms with van der Waals surface area (Å²) in [6.07, 6.45) is 1.55. The Morgan fingerprint density at radius 1 is 1.38 bits per heavy atom. The van der Waals surface area contributed by atoms with Gasteiger partial charge in [0.25, 0.3) is 0 Å². The molecule has 2 rings (SSSR count). The fraction of sp³-hybridized carbons (Fsp3) is 0.300. The van der Waals surface area contributed by atoms with Crippen molar-refractivity contribution in [1.82, 2.24) is 9.97 Å². The van der Waals surface area contributed by atoms with E-state index >= 15 is 0 Å². The maximum Gasteiger partial charge on any atom is 0.214 e. The van der Waals surface area contributed by atoms with Crippen LogP contribution in [0.4, 0.5) is 4.39 Å². The maximum absolute atomic E-state index is 12.7. The lowest BCUT2D eigenvalue weighted by Crippen LogP contribution is -1.84. The molecule has 2 aromatic heterocycles. The van der Waals surface area contributed by atoms with E-state index in [1.165, 1.54) is 6.07 Å². The molecule has 0 atom stereocenters. The summed E-state index contributed by atoms with van der Waals surface area (Å²) in [6.45, 7) is 4.18. The molecule has 0 amide bonds. The second kappa shape index (κ2) is 2.83. The third-order valence-corrected chi connectivity index (χ3v) is 2.11. The fourth-order valence-corrected chi connectivity index (χ4v) is 1.33. The van der Waals surface area contributed by atoms with Gasteiger partial charge in [0, 0.05) is 23.3 Å². The van der Waals surface area contributed by atoms with E-state index in [0.29, 0.717) is 5.92 Å². The Bertz CT molecular complexity index is 431. The summed E-state index contributed by atoms with van der Waals surface area (Å²) >= 11 is 0. The molecule has 0 aliphatic carbocycles. The van der Waals surface area contributed by atoms with Crippen LogP contribution >= 0.6 is 0 Å². The molecular formula is C10H11FN2. The van der Waals surface area contributed by atoms with Crippen LogP contribution in [-0.4, -0.2) is 9.97 Å². The number of pyridine rings is 1. The Morgan fingerprint density at radius 3 is 2.85 bits per heavy atom. The molecule has 2 nitrogen and oxygen atoms in total. The van der Waals surface area contributed by atoms with Crippen molar-refractivity contribution in [1.29, 1.82) is 0 Å². The van der Waals surface area contributed by atoms with E-state index < -0.39 is 5.95 Å². The first-order valence-corrected chi connectivity index (χ1v) is 4.31. The van der Waals surface area contributed by atoms with E-state index in [4.69, 9.17) is 0 Å². The minimum absolute atomic E-state index is 0.426. The van der Waals surface area contributed by atoms with Gasteiger partial charge in [-0.15, -0.1) is 0 Å². The summed E-state index contributed by atoms with van der Waals surface area (Å²) < 4.78 is 12.7. The van der Waals surface area contributed by atoms with E-state index in [-0.39, 0.29) is 0 Å². The molecule has 0 unspecified atom stereocenters. The lowest BCUT2D eigenvalue weighted by Gasteiger charge is -1.97. The molecular weight excluding hydrogens is 167 g/mol. The first kappa shape index (κ1) is 8.23. The molecule has 68 valence electrons. The summed E-state index contributed by atoms with van der Waals surface area (Å²) in [4.78, 5) is 6.75. The molecule has 2 heterocycles. The van der Waals surface area contributed by atoms with Crippen LogP contribution in [0.1, 0.15) is 25.5 Å². The smallest absolute Gasteiger partial charge is 0.214 e. The van der Waals surface area contributed by atoms with E-state index in [1.54, 1.807) is 6.20 Å². The predicted octanol–water partition coefficient (Wildman–Crippen LogP) is 2.83. The average Bonchev–Trinajstić information content (AvgIpc) is 2.46. The third kappa shape index (κ3) is 1.41. The summed E-state index contributed by atoms with van der Waals surface area (Å²) in [6, 6.07) is 3.42. The van der Waals surface area contributed by atoms with Crippen LogP contribution in [0.3, 0.4) is 0 Å². The van der Waals surface area contributed by atoms with Crippen molar-refractivity contribution in [3.63, 3.8) is 0 Å². The summed E-state index contributed by atoms with van der Waals surface area (Å²) in [5.41, 5.74) is 1.93. The standard InChI is InChI=1S/C10H11FN2/c1-6(2)8-3-7-5-12-10(11)4-9(7)13-8/h3-6,13H,1-2H3. The fourth-order valence-electron chi connectivity index (χ4n) is 1.33. The second-order valence-corrected chi connectivity index (χ2v) is 3.47. The van der Waals surface area contributed by atoms with Gasteiger partial charge >= 0.3 is 0 Å². The topological polar surface area (TPSA) is 28.7 Å². The van der Waals surface area contributed by atoms with Crippen LogP contribution in [0.25, 0.3) is 10.9 Å². The molecule has 0 spiro atoms. The van der Waals surface area contributed by atoms with Crippen molar-refractivity contribution in [2.24, 2.45) is 0 Å². The molecule has 0 saturated heterocycles. The van der Waals surface area contributed by atoms with Crippen LogP contribution < -0.4 is 0 Å². The van der Waals surface area contributed by atoms with Gasteiger partial charge in [0.2, 0.25) is 5.95 Å². The quantitative estimate of drug-likeness (QED) is 0.668. The van der Waals surface area contributed by atoms with Gasteiger partial charge in [0.1, 0.15) is 0 Å². The highest BCUT2D eigenvalue weighted by Gasteiger charge is 2.04. The minimum atomic E-state index is -0.440. The number of aromatic nitrogens is 2. The minimum Gasteiger partial charge on any atom is -0.358 e. The van der Waals surface area contributed by atoms with E-state index in [9.17, 15) is 4.39 Å². The Kier molecular flexibility index (Phi) is 1.79. The van der Waals surface area contributed by atoms with Gasteiger partial charge in [0.15, 0.2) is 0 Å². The highest BCUT2D eigenvalue weighted by atomic mass is 19.1. The number of hydrogen-bond acceptors (Lipinski definition) is 1. The first-order chi connectivity index (χ1) is 6.16. The van der Waals surface area contributed by atoms with Gasteiger partial charge in [-0.05, 0) is 12.0 Å². The van der Waals surface area contributed by atoms with Crippen molar-refractivity contribution in [2.45, 2.75) is 19.8 Å². The van der Waals surface area contributed by atoms with E-state index in [2.05, 4.69) is 23.8 Å². The Balaban J connectivity index is 2.62. The number of hydrogen-bond donors (Lipinski definition) is 1. The number of aromatic amines is 1. The van der Waals surface area contributed by atoms with Gasteiger partial charge in [-0.1, -0.05) is 13.8 Å². The zero-order valence-electron chi connectivity index (χ0n) is 7.63. The number of nitrogens with one attached hydrogen (secondary N) is 1. The first-order valence-electron chi connectivity index (χ1n) is 4.31. The molecule has 0 saturated carbocycles. The van der Waals surface area contributed by atoms with Crippen molar-refractivity contribution in [2.75, 3.05) is 0 Å². The molecule has 3 heteroatoms. The number of fused-ring (bicyclic) bond motifs is 1. The lowest BCUT2D eigenvalue weighted by atomic mass is 10.1. The maximum atomic E-state index is 12.7. The number of halogens is 1. The van der Waals surface area contributed by atoms with Gasteiger partial charge in [-0.2, -0.15) is 4.39 Å². The zero-order valence-corrected chi connectivity index (χ0v) is 7.63. The highest BCUT2D eigenvalue weighted by molar-refractivity contribution is 5.79. The second-order valence-electron chi connectivity index (χ2n) is 3.47. The van der Waals surface area contributed by atoms with Crippen molar-refractivity contribution < 1.29 is 4.39 Å². The van der Waals surface area contributed by atoms with Crippen molar-refractivity contribution in [3.05, 3.63) is 30.0 Å². The van der Waals surface area contributed by atoms with Crippen LogP contribution in [-0.2, 0) is 0 Å². The Labute approximate surface area is 75.8 Å². The monoisotopic (exact) mass is 178 g/mol. The van der Waals surface area contributed by atoms with Crippen LogP contribution in [0, 0.1) is 5.95 Å². The Hall–Kier alpha value is -1.38. The molecule has 0 fully saturated rings. The number of nitrogens with zero attached hydrogens (tertiary/aromatic N) is 1. The average molecular weight is 178 g/mol. The molecule has 0 aromatic carbocycles. The van der Waals surface area contributed by atoms with Crippen molar-refractivity contribution in [3.8, 4) is 0 Å². The number of rotatable bonds is 1. The van der Waals surface area contributed by atoms with Crippen LogP contribution in [0.15, 0.2) is 18.3 Å². The van der Waals surface area contributed by atoms with Crippen LogP contribution in [0.5, 0.6) is 0 Å². The predicted molar refractivity (Wildman–Crippen MR) is 50.1 cm³/mol. The van der Waals surface area contributed by atoms with Gasteiger partial charge < -0.3 is 4.98 Å². The summed E-state index contributed by atoms with van der Waals surface area (Å²) in [5.74, 6) is -0.0138. The summed E-state index contributed by atoms with van der Waals surface area (Å²) in [7, 11) is 0. The van der Waals surface area contributed by atoms with Gasteiger partial charge in [-0.3, -0.25) is 0 Å². The molecule has 0 radical (unpaired) electrons. The largest absolute Gasteiger partial charge is 0.358 e. The summed E-state index contributed by atoms with van der Waals surface area (Å²) in [5, 5.41) is 0.963. The van der Waals surface area contributed by atoms with Gasteiger partial charge in [0.05, 0.1) is 5.52 Å². The normalized spacial score (nSPS) is 11.4. The molecule has 0 bridgehead atoms. The molecule has 2 aromatic rings. The SMILES string of the molecule is CC(C)c1cc2cnc(F)cc2[nH]1.